The third-order valence-electron chi connectivity index (χ3n) is 6.62. The van der Waals surface area contributed by atoms with E-state index in [2.05, 4.69) is 15.0 Å². The molecule has 0 radical (unpaired) electrons. The van der Waals surface area contributed by atoms with Gasteiger partial charge >= 0.3 is 0 Å². The molecule has 9 rings (SSSR count). The summed E-state index contributed by atoms with van der Waals surface area (Å²) in [6.45, 7) is 0. The Balaban J connectivity index is 1.52. The quantitative estimate of drug-likeness (QED) is 0.205. The van der Waals surface area contributed by atoms with E-state index < -0.39 is 218 Å². The van der Waals surface area contributed by atoms with Crippen LogP contribution < -0.4 is 0 Å². The second kappa shape index (κ2) is 9.75. The number of nitrogens with zero attached hydrogens (tertiary/aromatic N) is 4. The molecule has 0 saturated carbocycles. The fourth-order valence-electron chi connectivity index (χ4n) is 4.76. The highest BCUT2D eigenvalue weighted by molar-refractivity contribution is 6.09. The summed E-state index contributed by atoms with van der Waals surface area (Å²) in [5.41, 5.74) is -5.26. The van der Waals surface area contributed by atoms with Gasteiger partial charge in [0.1, 0.15) is 11.2 Å². The van der Waals surface area contributed by atoms with Crippen molar-refractivity contribution in [1.82, 2.24) is 19.5 Å². The monoisotopic (exact) mass is 588 g/mol. The first kappa shape index (κ1) is 10.6. The summed E-state index contributed by atoms with van der Waals surface area (Å²) in [6, 6.07) is -20.3. The molecule has 5 nitrogen and oxygen atoms in total. The van der Waals surface area contributed by atoms with E-state index >= 15 is 0 Å². The van der Waals surface area contributed by atoms with Gasteiger partial charge in [-0.25, -0.2) is 15.0 Å². The van der Waals surface area contributed by atoms with Gasteiger partial charge in [0.2, 0.25) is 0 Å². The average molecular weight is 589 g/mol. The molecule has 6 aromatic carbocycles. The van der Waals surface area contributed by atoms with Crippen LogP contribution in [0.4, 0.5) is 0 Å². The summed E-state index contributed by atoms with van der Waals surface area (Å²) in [5.74, 6) is -2.54. The predicted octanol–water partition coefficient (Wildman–Crippen LogP) is 9.87. The summed E-state index contributed by atoms with van der Waals surface area (Å²) in [4.78, 5) is 13.1. The summed E-state index contributed by atoms with van der Waals surface area (Å²) in [6.07, 6.45) is 0. The highest BCUT2D eigenvalue weighted by atomic mass is 16.3. The first-order valence-corrected chi connectivity index (χ1v) is 12.7. The molecule has 5 heteroatoms. The highest BCUT2D eigenvalue weighted by Crippen LogP contribution is 2.37. The molecule has 0 aliphatic carbocycles. The molecular weight excluding hydrogens is 540 g/mol. The van der Waals surface area contributed by atoms with E-state index in [1.54, 1.807) is 0 Å². The van der Waals surface area contributed by atoms with Gasteiger partial charge in [-0.15, -0.1) is 0 Å². The van der Waals surface area contributed by atoms with Crippen molar-refractivity contribution >= 4 is 43.7 Å². The van der Waals surface area contributed by atoms with Crippen molar-refractivity contribution in [2.75, 3.05) is 0 Å². The zero-order chi connectivity index (χ0) is 49.9. The number of rotatable bonds is 4. The summed E-state index contributed by atoms with van der Waals surface area (Å²) < 4.78 is 216. The van der Waals surface area contributed by atoms with Gasteiger partial charge in [-0.1, -0.05) is 103 Å². The van der Waals surface area contributed by atoms with Gasteiger partial charge in [-0.3, -0.25) is 0 Å². The molecule has 0 unspecified atom stereocenters. The van der Waals surface area contributed by atoms with Gasteiger partial charge in [-0.2, -0.15) is 0 Å². The molecule has 0 N–H and O–H groups in total. The first-order valence-electron chi connectivity index (χ1n) is 24.7. The molecule has 3 heterocycles. The number of fused-ring (bicyclic) bond motifs is 6. The van der Waals surface area contributed by atoms with Crippen LogP contribution in [0.15, 0.2) is 149 Å². The molecule has 0 aliphatic heterocycles. The second-order valence-corrected chi connectivity index (χ2v) is 9.07. The minimum Gasteiger partial charge on any atom is -0.456 e. The van der Waals surface area contributed by atoms with Crippen LogP contribution >= 0.6 is 0 Å². The Morgan fingerprint density at radius 3 is 1.80 bits per heavy atom. The number of hydrogen-bond acceptors (Lipinski definition) is 4. The normalized spacial score (nSPS) is 19.3. The maximum atomic E-state index is 9.33. The minimum absolute atomic E-state index is 0.340. The van der Waals surface area contributed by atoms with E-state index in [0.29, 0.717) is 0 Å². The Bertz CT molecular complexity index is 3760. The van der Waals surface area contributed by atoms with E-state index in [0.717, 1.165) is 4.57 Å². The van der Waals surface area contributed by atoms with E-state index in [4.69, 9.17) is 31.8 Å². The van der Waals surface area contributed by atoms with Crippen LogP contribution in [0, 0.1) is 0 Å². The Kier molecular flexibility index (Phi) is 2.34. The van der Waals surface area contributed by atoms with Crippen LogP contribution in [0.3, 0.4) is 0 Å². The maximum Gasteiger partial charge on any atom is 0.166 e. The van der Waals surface area contributed by atoms with E-state index in [9.17, 15) is 5.48 Å². The Morgan fingerprint density at radius 1 is 0.455 bits per heavy atom. The molecule has 0 aliphatic rings. The van der Waals surface area contributed by atoms with Crippen LogP contribution in [-0.2, 0) is 0 Å². The zero-order valence-corrected chi connectivity index (χ0v) is 21.7. The largest absolute Gasteiger partial charge is 0.456 e. The number of para-hydroxylation sites is 4. The lowest BCUT2D eigenvalue weighted by Gasteiger charge is -2.14. The number of aromatic nitrogens is 4. The number of benzene rings is 6. The highest BCUT2D eigenvalue weighted by Gasteiger charge is 2.19. The summed E-state index contributed by atoms with van der Waals surface area (Å²) in [5, 5.41) is -1.68. The average Bonchev–Trinajstić information content (AvgIpc) is 3.89. The molecular formula is C39H24N4O. The Hall–Kier alpha value is -6.07. The summed E-state index contributed by atoms with van der Waals surface area (Å²) >= 11 is 0. The van der Waals surface area contributed by atoms with Crippen molar-refractivity contribution in [3.63, 3.8) is 0 Å². The molecule has 0 saturated heterocycles. The lowest BCUT2D eigenvalue weighted by atomic mass is 10.1. The van der Waals surface area contributed by atoms with Crippen LogP contribution in [-0.4, -0.2) is 19.5 Å². The fourth-order valence-corrected chi connectivity index (χ4v) is 4.76. The SMILES string of the molecule is [2H]c1c([2H])c([2H])c(-c2nc(-c3c([2H])c([2H])c([2H])c([2H])c3-n3c4c([2H])c([2H])c([2H])c([2H])c4c4c([2H])c([2H])c([2H])c([2H])c43)nc(-c3c([2H])c([2H])c4c(oc5c([2H])c([2H])c([2H])c([2H])c54)c3[2H])n2)c([2H])c1[2H]. The molecule has 44 heavy (non-hydrogen) atoms. The van der Waals surface area contributed by atoms with E-state index in [1.807, 2.05) is 0 Å². The second-order valence-electron chi connectivity index (χ2n) is 9.07. The Labute approximate surface area is 286 Å². The van der Waals surface area contributed by atoms with Crippen LogP contribution in [0.2, 0.25) is 0 Å². The van der Waals surface area contributed by atoms with Gasteiger partial charge in [0.15, 0.2) is 17.5 Å². The van der Waals surface area contributed by atoms with Gasteiger partial charge < -0.3 is 8.98 Å². The Morgan fingerprint density at radius 2 is 1.02 bits per heavy atom. The van der Waals surface area contributed by atoms with Crippen molar-refractivity contribution in [2.45, 2.75) is 0 Å². The fraction of sp³-hybridized carbons (Fsp3) is 0. The molecule has 9 aromatic rings. The third-order valence-corrected chi connectivity index (χ3v) is 6.62. The minimum atomic E-state index is -1.00. The molecule has 0 spiro atoms. The van der Waals surface area contributed by atoms with Gasteiger partial charge in [0, 0.05) is 38.2 Å². The van der Waals surface area contributed by atoms with Crippen molar-refractivity contribution < 1.29 is 37.3 Å². The lowest BCUT2D eigenvalue weighted by Crippen LogP contribution is -2.03. The lowest BCUT2D eigenvalue weighted by molar-refractivity contribution is 0.669. The molecule has 0 atom stereocenters. The standard InChI is InChI=1S/C39H24N4O/c1-2-12-25(13-3-1)37-40-38(26-22-23-30-29-16-7-11-21-35(29)44-36(30)24-26)42-39(41-37)31-17-6-10-20-34(31)43-32-18-8-4-14-27(32)28-15-5-9-19-33(28)43/h1-24H/i1D,2D,3D,4D,5D,6D,7D,8D,9D,10D,11D,12D,13D,14D,15D,16D,17D,18D,19D,20D,21D,22D,23D,24D. The summed E-state index contributed by atoms with van der Waals surface area (Å²) in [7, 11) is 0. The molecule has 3 aromatic heterocycles. The zero-order valence-electron chi connectivity index (χ0n) is 45.7. The number of furan rings is 1. The van der Waals surface area contributed by atoms with Crippen LogP contribution in [0.25, 0.3) is 83.6 Å². The van der Waals surface area contributed by atoms with Crippen molar-refractivity contribution in [3.05, 3.63) is 145 Å². The molecule has 206 valence electrons. The number of hydrogen-bond donors (Lipinski definition) is 0. The maximum absolute atomic E-state index is 9.33. The van der Waals surface area contributed by atoms with Crippen LogP contribution in [0.5, 0.6) is 0 Å². The van der Waals surface area contributed by atoms with Crippen molar-refractivity contribution in [3.8, 4) is 39.9 Å². The predicted molar refractivity (Wildman–Crippen MR) is 178 cm³/mol. The van der Waals surface area contributed by atoms with Crippen molar-refractivity contribution in [2.24, 2.45) is 0 Å². The van der Waals surface area contributed by atoms with Gasteiger partial charge in [0.05, 0.1) is 49.6 Å². The third kappa shape index (κ3) is 3.83. The first-order chi connectivity index (χ1) is 31.8. The van der Waals surface area contributed by atoms with Crippen LogP contribution in [0.1, 0.15) is 32.9 Å². The molecule has 0 bridgehead atoms. The van der Waals surface area contributed by atoms with Gasteiger partial charge in [0.25, 0.3) is 0 Å². The van der Waals surface area contributed by atoms with E-state index in [-0.39, 0.29) is 10.8 Å². The van der Waals surface area contributed by atoms with Crippen molar-refractivity contribution in [1.29, 1.82) is 0 Å². The van der Waals surface area contributed by atoms with E-state index in [1.165, 1.54) is 0 Å². The molecule has 0 amide bonds. The smallest absolute Gasteiger partial charge is 0.166 e. The topological polar surface area (TPSA) is 56.7 Å². The van der Waals surface area contributed by atoms with Gasteiger partial charge in [-0.05, 0) is 42.3 Å². The molecule has 0 fully saturated rings.